The second kappa shape index (κ2) is 4.35. The molecule has 0 aromatic heterocycles. The number of rotatable bonds is 3. The Morgan fingerprint density at radius 2 is 2.07 bits per heavy atom. The predicted octanol–water partition coefficient (Wildman–Crippen LogP) is 2.98. The summed E-state index contributed by atoms with van der Waals surface area (Å²) in [6.45, 7) is 3.09. The van der Waals surface area contributed by atoms with Crippen LogP contribution in [0.15, 0.2) is 24.3 Å². The fourth-order valence-electron chi connectivity index (χ4n) is 1.81. The molecule has 0 radical (unpaired) electrons. The zero-order valence-corrected chi connectivity index (χ0v) is 8.94. The van der Waals surface area contributed by atoms with Crippen LogP contribution < -0.4 is 4.74 Å². The summed E-state index contributed by atoms with van der Waals surface area (Å²) in [7, 11) is 0. The molecule has 1 aliphatic rings. The third-order valence-electron chi connectivity index (χ3n) is 3.25. The predicted molar refractivity (Wildman–Crippen MR) is 58.5 cm³/mol. The molecule has 2 atom stereocenters. The van der Waals surface area contributed by atoms with Crippen LogP contribution in [-0.4, -0.2) is 6.61 Å². The van der Waals surface area contributed by atoms with Crippen molar-refractivity contribution in [2.75, 3.05) is 6.61 Å². The number of hydrogen-bond acceptors (Lipinski definition) is 2. The molecule has 1 fully saturated rings. The Morgan fingerprint density at radius 3 is 2.53 bits per heavy atom. The maximum absolute atomic E-state index is 8.64. The number of hydrogen-bond donors (Lipinski definition) is 0. The molecule has 0 N–H and O–H groups in total. The molecule has 2 rings (SSSR count). The van der Waals surface area contributed by atoms with E-state index >= 15 is 0 Å². The van der Waals surface area contributed by atoms with Crippen molar-refractivity contribution in [2.45, 2.75) is 19.8 Å². The molecule has 1 aliphatic carbocycles. The van der Waals surface area contributed by atoms with Gasteiger partial charge in [0.2, 0.25) is 0 Å². The van der Waals surface area contributed by atoms with E-state index in [0.717, 1.165) is 24.2 Å². The van der Waals surface area contributed by atoms with E-state index in [9.17, 15) is 0 Å². The smallest absolute Gasteiger partial charge is 0.119 e. The Kier molecular flexibility index (Phi) is 2.91. The molecule has 15 heavy (non-hydrogen) atoms. The van der Waals surface area contributed by atoms with Crippen LogP contribution in [0, 0.1) is 23.2 Å². The molecule has 0 bridgehead atoms. The van der Waals surface area contributed by atoms with Crippen LogP contribution in [0.1, 0.15) is 25.3 Å². The number of nitrogens with zero attached hydrogens (tertiary/aromatic N) is 1. The first-order chi connectivity index (χ1) is 7.29. The van der Waals surface area contributed by atoms with E-state index in [1.54, 1.807) is 12.1 Å². The maximum atomic E-state index is 8.64. The van der Waals surface area contributed by atoms with E-state index in [1.807, 2.05) is 12.1 Å². The van der Waals surface area contributed by atoms with Gasteiger partial charge in [0.1, 0.15) is 5.75 Å². The van der Waals surface area contributed by atoms with Gasteiger partial charge in [-0.2, -0.15) is 5.26 Å². The van der Waals surface area contributed by atoms with E-state index in [0.29, 0.717) is 5.56 Å². The van der Waals surface area contributed by atoms with Crippen molar-refractivity contribution in [3.05, 3.63) is 29.8 Å². The summed E-state index contributed by atoms with van der Waals surface area (Å²) in [5, 5.41) is 8.64. The molecule has 2 heteroatoms. The molecule has 1 aromatic carbocycles. The molecule has 2 unspecified atom stereocenters. The third kappa shape index (κ3) is 2.30. The van der Waals surface area contributed by atoms with E-state index in [1.165, 1.54) is 12.8 Å². The van der Waals surface area contributed by atoms with Gasteiger partial charge in [-0.15, -0.1) is 0 Å². The number of nitriles is 1. The molecule has 1 saturated carbocycles. The van der Waals surface area contributed by atoms with E-state index < -0.39 is 0 Å². The van der Waals surface area contributed by atoms with Crippen LogP contribution in [0.2, 0.25) is 0 Å². The average molecular weight is 201 g/mol. The first-order valence-corrected chi connectivity index (χ1v) is 5.42. The largest absolute Gasteiger partial charge is 0.493 e. The first-order valence-electron chi connectivity index (χ1n) is 5.42. The fourth-order valence-corrected chi connectivity index (χ4v) is 1.81. The minimum absolute atomic E-state index is 0.680. The molecular weight excluding hydrogens is 186 g/mol. The van der Waals surface area contributed by atoms with Gasteiger partial charge in [0.25, 0.3) is 0 Å². The normalized spacial score (nSPS) is 24.0. The highest BCUT2D eigenvalue weighted by atomic mass is 16.5. The Morgan fingerprint density at radius 1 is 1.33 bits per heavy atom. The van der Waals surface area contributed by atoms with Gasteiger partial charge in [-0.3, -0.25) is 0 Å². The van der Waals surface area contributed by atoms with Crippen molar-refractivity contribution in [3.8, 4) is 11.8 Å². The second-order valence-electron chi connectivity index (χ2n) is 4.26. The van der Waals surface area contributed by atoms with Crippen LogP contribution in [-0.2, 0) is 0 Å². The lowest BCUT2D eigenvalue weighted by atomic mass is 9.75. The van der Waals surface area contributed by atoms with Gasteiger partial charge < -0.3 is 4.74 Å². The van der Waals surface area contributed by atoms with Gasteiger partial charge >= 0.3 is 0 Å². The zero-order chi connectivity index (χ0) is 10.7. The molecule has 2 nitrogen and oxygen atoms in total. The minimum atomic E-state index is 0.680. The van der Waals surface area contributed by atoms with Crippen molar-refractivity contribution in [1.82, 2.24) is 0 Å². The summed E-state index contributed by atoms with van der Waals surface area (Å²) >= 11 is 0. The summed E-state index contributed by atoms with van der Waals surface area (Å²) in [5.41, 5.74) is 0.680. The Hall–Kier alpha value is -1.49. The van der Waals surface area contributed by atoms with Gasteiger partial charge in [0, 0.05) is 0 Å². The van der Waals surface area contributed by atoms with E-state index in [2.05, 4.69) is 13.0 Å². The van der Waals surface area contributed by atoms with Crippen LogP contribution in [0.3, 0.4) is 0 Å². The molecule has 1 aromatic rings. The number of ether oxygens (including phenoxy) is 1. The van der Waals surface area contributed by atoms with Crippen LogP contribution in [0.5, 0.6) is 5.75 Å². The van der Waals surface area contributed by atoms with Gasteiger partial charge in [0.15, 0.2) is 0 Å². The molecule has 0 spiro atoms. The van der Waals surface area contributed by atoms with E-state index in [-0.39, 0.29) is 0 Å². The van der Waals surface area contributed by atoms with E-state index in [4.69, 9.17) is 10.00 Å². The van der Waals surface area contributed by atoms with Crippen molar-refractivity contribution in [1.29, 1.82) is 5.26 Å². The summed E-state index contributed by atoms with van der Waals surface area (Å²) in [6, 6.07) is 9.40. The van der Waals surface area contributed by atoms with Crippen LogP contribution in [0.25, 0.3) is 0 Å². The second-order valence-corrected chi connectivity index (χ2v) is 4.26. The molecular formula is C13H15NO. The topological polar surface area (TPSA) is 33.0 Å². The highest BCUT2D eigenvalue weighted by Gasteiger charge is 2.26. The minimum Gasteiger partial charge on any atom is -0.493 e. The first kappa shape index (κ1) is 10.0. The average Bonchev–Trinajstić information content (AvgIpc) is 2.28. The third-order valence-corrected chi connectivity index (χ3v) is 3.25. The lowest BCUT2D eigenvalue weighted by molar-refractivity contribution is 0.116. The Labute approximate surface area is 90.5 Å². The van der Waals surface area contributed by atoms with Gasteiger partial charge in [-0.05, 0) is 48.9 Å². The molecule has 78 valence electrons. The lowest BCUT2D eigenvalue weighted by Crippen LogP contribution is -2.28. The lowest BCUT2D eigenvalue weighted by Gasteiger charge is -2.33. The maximum Gasteiger partial charge on any atom is 0.119 e. The molecule has 0 aliphatic heterocycles. The molecule has 0 heterocycles. The molecule has 0 saturated heterocycles. The fraction of sp³-hybridized carbons (Fsp3) is 0.462. The summed E-state index contributed by atoms with van der Waals surface area (Å²) in [5.74, 6) is 2.40. The quantitative estimate of drug-likeness (QED) is 0.753. The Bertz CT molecular complexity index is 363. The highest BCUT2D eigenvalue weighted by molar-refractivity contribution is 5.34. The van der Waals surface area contributed by atoms with Crippen molar-refractivity contribution in [2.24, 2.45) is 11.8 Å². The van der Waals surface area contributed by atoms with Gasteiger partial charge in [-0.25, -0.2) is 0 Å². The monoisotopic (exact) mass is 201 g/mol. The van der Waals surface area contributed by atoms with Gasteiger partial charge in [0.05, 0.1) is 18.2 Å². The van der Waals surface area contributed by atoms with Crippen molar-refractivity contribution >= 4 is 0 Å². The standard InChI is InChI=1S/C13H15NO/c1-10-2-5-12(10)9-15-13-6-3-11(8-14)4-7-13/h3-4,6-7,10,12H,2,5,9H2,1H3. The summed E-state index contributed by atoms with van der Waals surface area (Å²) in [6.07, 6.45) is 2.62. The van der Waals surface area contributed by atoms with Crippen LogP contribution >= 0.6 is 0 Å². The summed E-state index contributed by atoms with van der Waals surface area (Å²) in [4.78, 5) is 0. The van der Waals surface area contributed by atoms with Crippen LogP contribution in [0.4, 0.5) is 0 Å². The Balaban J connectivity index is 1.86. The zero-order valence-electron chi connectivity index (χ0n) is 8.94. The molecule has 0 amide bonds. The highest BCUT2D eigenvalue weighted by Crippen LogP contribution is 2.33. The van der Waals surface area contributed by atoms with Gasteiger partial charge in [-0.1, -0.05) is 6.92 Å². The number of benzene rings is 1. The van der Waals surface area contributed by atoms with Crippen molar-refractivity contribution < 1.29 is 4.74 Å². The summed E-state index contributed by atoms with van der Waals surface area (Å²) < 4.78 is 5.67. The van der Waals surface area contributed by atoms with Crippen molar-refractivity contribution in [3.63, 3.8) is 0 Å². The SMILES string of the molecule is CC1CCC1COc1ccc(C#N)cc1.